The molecule has 132 valence electrons. The van der Waals surface area contributed by atoms with Crippen molar-refractivity contribution in [3.8, 4) is 17.4 Å². The van der Waals surface area contributed by atoms with Crippen molar-refractivity contribution in [3.63, 3.8) is 0 Å². The molecule has 0 spiro atoms. The standard InChI is InChI=1S/C18H21N3O4/c1-24-15-6-2-3-7-16(15)25-18-12(5-4-8-19-18)10-21-17(23)14-9-13(22)11-20-14/h2-8,13-14,20,22H,9-11H2,1H3,(H,21,23)/t13-,14+/m1/s1. The van der Waals surface area contributed by atoms with Gasteiger partial charge in [-0.3, -0.25) is 4.79 Å². The molecule has 0 aliphatic carbocycles. The number of carbonyl (C=O) groups is 1. The number of aliphatic hydroxyl groups excluding tert-OH is 1. The molecule has 1 aliphatic heterocycles. The van der Waals surface area contributed by atoms with Crippen LogP contribution in [0, 0.1) is 0 Å². The highest BCUT2D eigenvalue weighted by atomic mass is 16.5. The van der Waals surface area contributed by atoms with Crippen molar-refractivity contribution < 1.29 is 19.4 Å². The van der Waals surface area contributed by atoms with Crippen molar-refractivity contribution in [2.24, 2.45) is 0 Å². The number of carbonyl (C=O) groups excluding carboxylic acids is 1. The van der Waals surface area contributed by atoms with Crippen molar-refractivity contribution in [2.45, 2.75) is 25.1 Å². The summed E-state index contributed by atoms with van der Waals surface area (Å²) in [6, 6.07) is 10.6. The summed E-state index contributed by atoms with van der Waals surface area (Å²) in [5, 5.41) is 15.3. The van der Waals surface area contributed by atoms with E-state index >= 15 is 0 Å². The third kappa shape index (κ3) is 4.26. The number of amides is 1. The molecule has 1 aromatic carbocycles. The Morgan fingerprint density at radius 1 is 1.32 bits per heavy atom. The average Bonchev–Trinajstić information content (AvgIpc) is 3.08. The quantitative estimate of drug-likeness (QED) is 0.730. The van der Waals surface area contributed by atoms with Crippen LogP contribution in [-0.2, 0) is 11.3 Å². The second-order valence-corrected chi connectivity index (χ2v) is 5.79. The lowest BCUT2D eigenvalue weighted by Gasteiger charge is -2.14. The Morgan fingerprint density at radius 2 is 2.12 bits per heavy atom. The fourth-order valence-electron chi connectivity index (χ4n) is 2.68. The largest absolute Gasteiger partial charge is 0.493 e. The highest BCUT2D eigenvalue weighted by Gasteiger charge is 2.27. The van der Waals surface area contributed by atoms with Gasteiger partial charge in [0, 0.05) is 24.8 Å². The third-order valence-corrected chi connectivity index (χ3v) is 4.00. The topological polar surface area (TPSA) is 92.7 Å². The SMILES string of the molecule is COc1ccccc1Oc1ncccc1CNC(=O)[C@@H]1C[C@@H](O)CN1. The van der Waals surface area contributed by atoms with Crippen molar-refractivity contribution in [1.82, 2.24) is 15.6 Å². The van der Waals surface area contributed by atoms with Gasteiger partial charge >= 0.3 is 0 Å². The zero-order chi connectivity index (χ0) is 17.6. The van der Waals surface area contributed by atoms with Gasteiger partial charge in [-0.25, -0.2) is 4.98 Å². The van der Waals surface area contributed by atoms with E-state index in [1.807, 2.05) is 18.2 Å². The number of methoxy groups -OCH3 is 1. The summed E-state index contributed by atoms with van der Waals surface area (Å²) < 4.78 is 11.1. The number of nitrogens with zero attached hydrogens (tertiary/aromatic N) is 1. The van der Waals surface area contributed by atoms with Crippen molar-refractivity contribution >= 4 is 5.91 Å². The van der Waals surface area contributed by atoms with Crippen LogP contribution < -0.4 is 20.1 Å². The Hall–Kier alpha value is -2.64. The van der Waals surface area contributed by atoms with Crippen LogP contribution in [0.25, 0.3) is 0 Å². The maximum absolute atomic E-state index is 12.2. The fourth-order valence-corrected chi connectivity index (χ4v) is 2.68. The molecule has 7 heteroatoms. The minimum absolute atomic E-state index is 0.149. The number of nitrogens with one attached hydrogen (secondary N) is 2. The van der Waals surface area contributed by atoms with Crippen LogP contribution in [0.5, 0.6) is 17.4 Å². The second-order valence-electron chi connectivity index (χ2n) is 5.79. The van der Waals surface area contributed by atoms with Gasteiger partial charge in [0.15, 0.2) is 11.5 Å². The smallest absolute Gasteiger partial charge is 0.237 e. The molecule has 1 aliphatic rings. The van der Waals surface area contributed by atoms with Crippen LogP contribution in [0.4, 0.5) is 0 Å². The molecular formula is C18H21N3O4. The first-order valence-corrected chi connectivity index (χ1v) is 8.11. The van der Waals surface area contributed by atoms with Crippen LogP contribution in [0.15, 0.2) is 42.6 Å². The van der Waals surface area contributed by atoms with Gasteiger partial charge in [-0.1, -0.05) is 18.2 Å². The van der Waals surface area contributed by atoms with Crippen LogP contribution in [0.2, 0.25) is 0 Å². The molecule has 3 N–H and O–H groups in total. The molecule has 1 amide bonds. The molecule has 0 saturated carbocycles. The van der Waals surface area contributed by atoms with Crippen LogP contribution in [-0.4, -0.2) is 41.8 Å². The van der Waals surface area contributed by atoms with Crippen LogP contribution >= 0.6 is 0 Å². The van der Waals surface area contributed by atoms with Crippen LogP contribution in [0.1, 0.15) is 12.0 Å². The number of aromatic nitrogens is 1. The lowest BCUT2D eigenvalue weighted by molar-refractivity contribution is -0.123. The number of ether oxygens (including phenoxy) is 2. The molecular weight excluding hydrogens is 322 g/mol. The second kappa shape index (κ2) is 7.96. The van der Waals surface area contributed by atoms with Gasteiger partial charge in [0.1, 0.15) is 0 Å². The van der Waals surface area contributed by atoms with Crippen LogP contribution in [0.3, 0.4) is 0 Å². The first-order chi connectivity index (χ1) is 12.2. The Labute approximate surface area is 146 Å². The number of benzene rings is 1. The number of aliphatic hydroxyl groups is 1. The summed E-state index contributed by atoms with van der Waals surface area (Å²) in [6.45, 7) is 0.721. The summed E-state index contributed by atoms with van der Waals surface area (Å²) in [5.74, 6) is 1.42. The minimum Gasteiger partial charge on any atom is -0.493 e. The van der Waals surface area contributed by atoms with Gasteiger partial charge in [0.2, 0.25) is 11.8 Å². The van der Waals surface area contributed by atoms with E-state index in [0.29, 0.717) is 30.3 Å². The number of rotatable bonds is 6. The van der Waals surface area contributed by atoms with E-state index in [9.17, 15) is 9.90 Å². The number of para-hydroxylation sites is 2. The van der Waals surface area contributed by atoms with Crippen molar-refractivity contribution in [3.05, 3.63) is 48.2 Å². The minimum atomic E-state index is -0.474. The summed E-state index contributed by atoms with van der Waals surface area (Å²) >= 11 is 0. The number of hydrogen-bond donors (Lipinski definition) is 3. The average molecular weight is 343 g/mol. The van der Waals surface area contributed by atoms with E-state index in [-0.39, 0.29) is 18.5 Å². The molecule has 7 nitrogen and oxygen atoms in total. The zero-order valence-electron chi connectivity index (χ0n) is 13.9. The van der Waals surface area contributed by atoms with E-state index in [1.165, 1.54) is 0 Å². The molecule has 0 bridgehead atoms. The molecule has 2 aromatic rings. The molecule has 1 aromatic heterocycles. The normalized spacial score (nSPS) is 19.4. The predicted octanol–water partition coefficient (Wildman–Crippen LogP) is 1.22. The van der Waals surface area contributed by atoms with E-state index in [4.69, 9.17) is 9.47 Å². The molecule has 0 radical (unpaired) electrons. The Kier molecular flexibility index (Phi) is 5.47. The van der Waals surface area contributed by atoms with Gasteiger partial charge in [-0.15, -0.1) is 0 Å². The zero-order valence-corrected chi connectivity index (χ0v) is 13.9. The maximum atomic E-state index is 12.2. The summed E-state index contributed by atoms with van der Waals surface area (Å²) in [7, 11) is 1.57. The van der Waals surface area contributed by atoms with E-state index in [2.05, 4.69) is 15.6 Å². The maximum Gasteiger partial charge on any atom is 0.237 e. The van der Waals surface area contributed by atoms with Gasteiger partial charge < -0.3 is 25.2 Å². The van der Waals surface area contributed by atoms with Crippen molar-refractivity contribution in [1.29, 1.82) is 0 Å². The number of hydrogen-bond acceptors (Lipinski definition) is 6. The fraction of sp³-hybridized carbons (Fsp3) is 0.333. The first kappa shape index (κ1) is 17.2. The number of pyridine rings is 1. The summed E-state index contributed by atoms with van der Waals surface area (Å²) in [4.78, 5) is 16.4. The highest BCUT2D eigenvalue weighted by Crippen LogP contribution is 2.31. The molecule has 0 unspecified atom stereocenters. The highest BCUT2D eigenvalue weighted by molar-refractivity contribution is 5.82. The van der Waals surface area contributed by atoms with Gasteiger partial charge in [0.25, 0.3) is 0 Å². The van der Waals surface area contributed by atoms with Gasteiger partial charge in [-0.2, -0.15) is 0 Å². The molecule has 25 heavy (non-hydrogen) atoms. The molecule has 1 fully saturated rings. The van der Waals surface area contributed by atoms with Gasteiger partial charge in [-0.05, 0) is 24.6 Å². The molecule has 1 saturated heterocycles. The van der Waals surface area contributed by atoms with E-state index < -0.39 is 6.10 Å². The Balaban J connectivity index is 1.67. The van der Waals surface area contributed by atoms with E-state index in [0.717, 1.165) is 5.56 Å². The van der Waals surface area contributed by atoms with Crippen molar-refractivity contribution in [2.75, 3.05) is 13.7 Å². The Bertz CT molecular complexity index is 738. The molecule has 3 rings (SSSR count). The van der Waals surface area contributed by atoms with Gasteiger partial charge in [0.05, 0.1) is 19.3 Å². The lowest BCUT2D eigenvalue weighted by Crippen LogP contribution is -2.40. The molecule has 2 atom stereocenters. The summed E-state index contributed by atoms with van der Waals surface area (Å²) in [5.41, 5.74) is 0.750. The monoisotopic (exact) mass is 343 g/mol. The summed E-state index contributed by atoms with van der Waals surface area (Å²) in [6.07, 6.45) is 1.58. The lowest BCUT2D eigenvalue weighted by atomic mass is 10.2. The number of β-amino-alcohol motifs (C(OH)–C–C–N with tert-alkyl or cyclic N) is 1. The predicted molar refractivity (Wildman–Crippen MR) is 91.6 cm³/mol. The Morgan fingerprint density at radius 3 is 2.84 bits per heavy atom. The van der Waals surface area contributed by atoms with E-state index in [1.54, 1.807) is 31.5 Å². The third-order valence-electron chi connectivity index (χ3n) is 4.00. The first-order valence-electron chi connectivity index (χ1n) is 8.11. The molecule has 2 heterocycles.